The zero-order chi connectivity index (χ0) is 20.1. The van der Waals surface area contributed by atoms with Gasteiger partial charge >= 0.3 is 0 Å². The molecule has 2 aliphatic rings. The van der Waals surface area contributed by atoms with Crippen molar-refractivity contribution >= 4 is 15.8 Å². The van der Waals surface area contributed by atoms with Gasteiger partial charge in [-0.1, -0.05) is 6.07 Å². The van der Waals surface area contributed by atoms with Crippen molar-refractivity contribution in [2.75, 3.05) is 13.1 Å². The highest BCUT2D eigenvalue weighted by Crippen LogP contribution is 2.45. The summed E-state index contributed by atoms with van der Waals surface area (Å²) in [7, 11) is -1.98. The Kier molecular flexibility index (Phi) is 4.83. The van der Waals surface area contributed by atoms with Gasteiger partial charge in [-0.05, 0) is 42.7 Å². The molecule has 1 saturated heterocycles. The van der Waals surface area contributed by atoms with Gasteiger partial charge in [0.1, 0.15) is 11.6 Å². The smallest absolute Gasteiger partial charge is 0.262 e. The van der Waals surface area contributed by atoms with Crippen LogP contribution in [0.25, 0.3) is 0 Å². The summed E-state index contributed by atoms with van der Waals surface area (Å²) in [6, 6.07) is 3.37. The molecule has 0 bridgehead atoms. The number of carbonyl (C=O) groups is 1. The van der Waals surface area contributed by atoms with Gasteiger partial charge in [-0.25, -0.2) is 22.2 Å². The van der Waals surface area contributed by atoms with E-state index in [4.69, 9.17) is 0 Å². The van der Waals surface area contributed by atoms with Crippen LogP contribution in [0.15, 0.2) is 35.7 Å². The highest BCUT2D eigenvalue weighted by molar-refractivity contribution is 7.89. The average Bonchev–Trinajstić information content (AvgIpc) is 3.32. The van der Waals surface area contributed by atoms with Gasteiger partial charge in [0.05, 0.1) is 11.9 Å². The normalized spacial score (nSPS) is 25.2. The number of fused-ring (bicyclic) bond motifs is 1. The molecule has 1 aromatic heterocycles. The highest BCUT2D eigenvalue weighted by atomic mass is 32.2. The maximum Gasteiger partial charge on any atom is 0.262 e. The molecule has 2 fully saturated rings. The molecule has 150 valence electrons. The Morgan fingerprint density at radius 3 is 2.57 bits per heavy atom. The molecule has 1 saturated carbocycles. The van der Waals surface area contributed by atoms with Gasteiger partial charge in [0, 0.05) is 32.8 Å². The minimum absolute atomic E-state index is 0.0102. The van der Waals surface area contributed by atoms with Gasteiger partial charge in [0.15, 0.2) is 10.8 Å². The molecule has 2 heterocycles. The number of ketones is 1. The molecule has 1 aliphatic heterocycles. The van der Waals surface area contributed by atoms with E-state index in [0.717, 1.165) is 25.0 Å². The topological polar surface area (TPSA) is 72.3 Å². The number of imidazole rings is 1. The van der Waals surface area contributed by atoms with Crippen molar-refractivity contribution in [3.63, 3.8) is 0 Å². The van der Waals surface area contributed by atoms with Crippen molar-refractivity contribution in [2.24, 2.45) is 24.8 Å². The average molecular weight is 409 g/mol. The van der Waals surface area contributed by atoms with E-state index in [-0.39, 0.29) is 29.2 Å². The van der Waals surface area contributed by atoms with Crippen LogP contribution >= 0.6 is 0 Å². The lowest BCUT2D eigenvalue weighted by molar-refractivity contribution is 0.0941. The van der Waals surface area contributed by atoms with E-state index in [1.807, 2.05) is 0 Å². The van der Waals surface area contributed by atoms with Gasteiger partial charge < -0.3 is 4.57 Å². The number of benzene rings is 1. The summed E-state index contributed by atoms with van der Waals surface area (Å²) in [6.45, 7) is 0.698. The Balaban J connectivity index is 1.49. The standard InChI is InChI=1S/C19H21F2N3O3S/c1-23-10-18(22-11-23)28(26,27)24-8-13-6-5-12(14(13)9-24)7-17(25)19-15(20)3-2-4-16(19)21/h2-4,10-14H,5-9H2,1H3. The fourth-order valence-electron chi connectivity index (χ4n) is 4.55. The summed E-state index contributed by atoms with van der Waals surface area (Å²) in [5.41, 5.74) is -0.498. The van der Waals surface area contributed by atoms with E-state index < -0.39 is 33.0 Å². The zero-order valence-corrected chi connectivity index (χ0v) is 16.2. The number of halogens is 2. The van der Waals surface area contributed by atoms with Crippen LogP contribution in [0.3, 0.4) is 0 Å². The van der Waals surface area contributed by atoms with Crippen LogP contribution in [0.5, 0.6) is 0 Å². The zero-order valence-electron chi connectivity index (χ0n) is 15.4. The first-order chi connectivity index (χ1) is 13.3. The third-order valence-electron chi connectivity index (χ3n) is 5.95. The molecule has 2 aromatic rings. The molecular weight excluding hydrogens is 388 g/mol. The number of rotatable bonds is 5. The van der Waals surface area contributed by atoms with Crippen molar-refractivity contribution in [2.45, 2.75) is 24.3 Å². The molecule has 3 unspecified atom stereocenters. The van der Waals surface area contributed by atoms with Crippen LogP contribution in [0.1, 0.15) is 29.6 Å². The fourth-order valence-corrected chi connectivity index (χ4v) is 6.05. The van der Waals surface area contributed by atoms with Gasteiger partial charge in [-0.15, -0.1) is 0 Å². The first kappa shape index (κ1) is 19.2. The van der Waals surface area contributed by atoms with Gasteiger partial charge in [-0.3, -0.25) is 4.79 Å². The van der Waals surface area contributed by atoms with Crippen molar-refractivity contribution in [3.05, 3.63) is 47.9 Å². The molecule has 28 heavy (non-hydrogen) atoms. The third-order valence-corrected chi connectivity index (χ3v) is 7.66. The molecule has 0 N–H and O–H groups in total. The van der Waals surface area contributed by atoms with Gasteiger partial charge in [-0.2, -0.15) is 4.31 Å². The molecular formula is C19H21F2N3O3S. The number of aromatic nitrogens is 2. The number of hydrogen-bond donors (Lipinski definition) is 0. The predicted molar refractivity (Wildman–Crippen MR) is 97.0 cm³/mol. The third kappa shape index (κ3) is 3.26. The first-order valence-corrected chi connectivity index (χ1v) is 10.7. The monoisotopic (exact) mass is 409 g/mol. The van der Waals surface area contributed by atoms with Gasteiger partial charge in [0.25, 0.3) is 10.0 Å². The number of hydrogen-bond acceptors (Lipinski definition) is 4. The molecule has 0 spiro atoms. The Labute approximate surface area is 162 Å². The molecule has 1 aliphatic carbocycles. The second-order valence-electron chi connectivity index (χ2n) is 7.68. The Morgan fingerprint density at radius 2 is 1.93 bits per heavy atom. The second kappa shape index (κ2) is 7.04. The molecule has 0 radical (unpaired) electrons. The van der Waals surface area contributed by atoms with E-state index in [1.165, 1.54) is 22.9 Å². The number of Topliss-reactive ketones (excluding diaryl/α,β-unsaturated/α-hetero) is 1. The largest absolute Gasteiger partial charge is 0.339 e. The SMILES string of the molecule is Cn1cnc(S(=O)(=O)N2CC3CCC(CC(=O)c4c(F)cccc4F)C3C2)c1. The maximum atomic E-state index is 13.9. The minimum atomic E-state index is -3.68. The molecule has 4 rings (SSSR count). The lowest BCUT2D eigenvalue weighted by atomic mass is 9.87. The van der Waals surface area contributed by atoms with E-state index in [1.54, 1.807) is 11.6 Å². The Morgan fingerprint density at radius 1 is 1.21 bits per heavy atom. The summed E-state index contributed by atoms with van der Waals surface area (Å²) < 4.78 is 56.4. The van der Waals surface area contributed by atoms with Crippen LogP contribution in [-0.2, 0) is 17.1 Å². The number of sulfonamides is 1. The minimum Gasteiger partial charge on any atom is -0.339 e. The van der Waals surface area contributed by atoms with Crippen LogP contribution < -0.4 is 0 Å². The van der Waals surface area contributed by atoms with Crippen molar-refractivity contribution in [3.8, 4) is 0 Å². The fraction of sp³-hybridized carbons (Fsp3) is 0.474. The van der Waals surface area contributed by atoms with E-state index in [2.05, 4.69) is 4.98 Å². The molecule has 9 heteroatoms. The van der Waals surface area contributed by atoms with Crippen LogP contribution in [0, 0.1) is 29.4 Å². The second-order valence-corrected chi connectivity index (χ2v) is 9.57. The molecule has 0 amide bonds. The molecule has 1 aromatic carbocycles. The first-order valence-electron chi connectivity index (χ1n) is 9.22. The number of aryl methyl sites for hydroxylation is 1. The Bertz CT molecular complexity index is 1000. The molecule has 6 nitrogen and oxygen atoms in total. The van der Waals surface area contributed by atoms with Crippen LogP contribution in [0.4, 0.5) is 8.78 Å². The summed E-state index contributed by atoms with van der Waals surface area (Å²) in [5.74, 6) is -2.19. The number of nitrogens with zero attached hydrogens (tertiary/aromatic N) is 3. The van der Waals surface area contributed by atoms with Crippen molar-refractivity contribution in [1.82, 2.24) is 13.9 Å². The van der Waals surface area contributed by atoms with Crippen LogP contribution in [0.2, 0.25) is 0 Å². The summed E-state index contributed by atoms with van der Waals surface area (Å²) in [6.07, 6.45) is 4.49. The lowest BCUT2D eigenvalue weighted by Gasteiger charge is -2.19. The van der Waals surface area contributed by atoms with Crippen LogP contribution in [-0.4, -0.2) is 41.1 Å². The van der Waals surface area contributed by atoms with Gasteiger partial charge in [0.2, 0.25) is 0 Å². The van der Waals surface area contributed by atoms with E-state index in [9.17, 15) is 22.0 Å². The summed E-state index contributed by atoms with van der Waals surface area (Å²) in [4.78, 5) is 16.5. The van der Waals surface area contributed by atoms with E-state index in [0.29, 0.717) is 13.1 Å². The Hall–Kier alpha value is -2.13. The maximum absolute atomic E-state index is 13.9. The van der Waals surface area contributed by atoms with Crippen molar-refractivity contribution < 1.29 is 22.0 Å². The van der Waals surface area contributed by atoms with Crippen molar-refractivity contribution in [1.29, 1.82) is 0 Å². The predicted octanol–water partition coefficient (Wildman–Crippen LogP) is 2.62. The van der Waals surface area contributed by atoms with E-state index >= 15 is 0 Å². The lowest BCUT2D eigenvalue weighted by Crippen LogP contribution is -2.31. The highest BCUT2D eigenvalue weighted by Gasteiger charge is 2.47. The number of carbonyl (C=O) groups excluding carboxylic acids is 1. The summed E-state index contributed by atoms with van der Waals surface area (Å²) in [5, 5.41) is 0.0102. The quantitative estimate of drug-likeness (QED) is 0.712. The summed E-state index contributed by atoms with van der Waals surface area (Å²) >= 11 is 0. The molecule has 3 atom stereocenters.